The Balaban J connectivity index is 1.77. The molecule has 0 fully saturated rings. The van der Waals surface area contributed by atoms with Crippen LogP contribution in [0.4, 0.5) is 4.39 Å². The predicted octanol–water partition coefficient (Wildman–Crippen LogP) is 4.11. The van der Waals surface area contributed by atoms with Gasteiger partial charge >= 0.3 is 0 Å². The van der Waals surface area contributed by atoms with Crippen molar-refractivity contribution in [3.05, 3.63) is 104 Å². The van der Waals surface area contributed by atoms with Gasteiger partial charge in [-0.1, -0.05) is 41.4 Å². The van der Waals surface area contributed by atoms with Crippen LogP contribution in [0.1, 0.15) is 21.5 Å². The number of benzene rings is 2. The molecule has 0 saturated carbocycles. The monoisotopic (exact) mass is 417 g/mol. The molecule has 2 aromatic carbocycles. The molecule has 0 aliphatic heterocycles. The van der Waals surface area contributed by atoms with E-state index < -0.39 is 17.3 Å². The topological polar surface area (TPSA) is 63.5 Å². The molecule has 3 aromatic rings. The van der Waals surface area contributed by atoms with E-state index >= 15 is 0 Å². The molecule has 0 atom stereocenters. The first-order valence-electron chi connectivity index (χ1n) is 8.17. The van der Waals surface area contributed by atoms with Crippen LogP contribution in [0, 0.1) is 5.82 Å². The maximum Gasteiger partial charge on any atom is 0.276 e. The van der Waals surface area contributed by atoms with Crippen LogP contribution in [0.3, 0.4) is 0 Å². The zero-order valence-corrected chi connectivity index (χ0v) is 15.9. The second kappa shape index (κ2) is 8.82. The first-order chi connectivity index (χ1) is 13.5. The van der Waals surface area contributed by atoms with Crippen LogP contribution in [-0.4, -0.2) is 16.7 Å². The lowest BCUT2D eigenvalue weighted by Gasteiger charge is -2.08. The molecule has 1 aromatic heterocycles. The molecule has 0 unspecified atom stereocenters. The highest BCUT2D eigenvalue weighted by atomic mass is 35.5. The lowest BCUT2D eigenvalue weighted by molar-refractivity contribution is 0.0953. The molecule has 28 heavy (non-hydrogen) atoms. The van der Waals surface area contributed by atoms with Crippen LogP contribution in [0.25, 0.3) is 0 Å². The maximum absolute atomic E-state index is 13.7. The largest absolute Gasteiger partial charge is 0.310 e. The van der Waals surface area contributed by atoms with Crippen molar-refractivity contribution >= 4 is 35.3 Å². The summed E-state index contributed by atoms with van der Waals surface area (Å²) >= 11 is 11.8. The van der Waals surface area contributed by atoms with Crippen molar-refractivity contribution in [1.82, 2.24) is 9.99 Å². The van der Waals surface area contributed by atoms with Crippen molar-refractivity contribution in [3.63, 3.8) is 0 Å². The van der Waals surface area contributed by atoms with E-state index in [-0.39, 0.29) is 22.7 Å². The van der Waals surface area contributed by atoms with E-state index in [1.807, 2.05) is 6.07 Å². The molecule has 1 N–H and O–H groups in total. The molecule has 0 bridgehead atoms. The molecule has 0 radical (unpaired) electrons. The van der Waals surface area contributed by atoms with E-state index in [4.69, 9.17) is 23.2 Å². The van der Waals surface area contributed by atoms with Gasteiger partial charge in [0.15, 0.2) is 0 Å². The number of hydrazone groups is 1. The Kier molecular flexibility index (Phi) is 6.23. The average molecular weight is 418 g/mol. The Hall–Kier alpha value is -2.96. The van der Waals surface area contributed by atoms with Gasteiger partial charge in [0.05, 0.1) is 17.8 Å². The molecule has 142 valence electrons. The zero-order chi connectivity index (χ0) is 20.1. The van der Waals surface area contributed by atoms with Crippen LogP contribution in [0.5, 0.6) is 0 Å². The standard InChI is InChI=1S/C20H14Cl2FN3O2/c21-14-5-1-4-13(10-14)12-26-9-3-6-15(20(26)28)19(27)25-24-11-16-17(22)7-2-8-18(16)23/h1-11H,12H2,(H,25,27)/b24-11-. The lowest BCUT2D eigenvalue weighted by atomic mass is 10.2. The Morgan fingerprint density at radius 1 is 1.14 bits per heavy atom. The number of pyridine rings is 1. The van der Waals surface area contributed by atoms with Crippen LogP contribution in [0.2, 0.25) is 10.0 Å². The van der Waals surface area contributed by atoms with Crippen molar-refractivity contribution in [3.8, 4) is 0 Å². The van der Waals surface area contributed by atoms with Crippen molar-refractivity contribution in [2.75, 3.05) is 0 Å². The minimum Gasteiger partial charge on any atom is -0.310 e. The number of carbonyl (C=O) groups excluding carboxylic acids is 1. The first-order valence-corrected chi connectivity index (χ1v) is 8.92. The van der Waals surface area contributed by atoms with Crippen LogP contribution >= 0.6 is 23.2 Å². The average Bonchev–Trinajstić information content (AvgIpc) is 2.66. The van der Waals surface area contributed by atoms with Crippen LogP contribution in [0.15, 0.2) is 70.7 Å². The molecule has 1 amide bonds. The fourth-order valence-electron chi connectivity index (χ4n) is 2.52. The Morgan fingerprint density at radius 3 is 2.68 bits per heavy atom. The molecule has 5 nitrogen and oxygen atoms in total. The van der Waals surface area contributed by atoms with E-state index in [0.29, 0.717) is 5.02 Å². The second-order valence-corrected chi connectivity index (χ2v) is 6.66. The summed E-state index contributed by atoms with van der Waals surface area (Å²) in [6.07, 6.45) is 2.66. The van der Waals surface area contributed by atoms with E-state index in [2.05, 4.69) is 10.5 Å². The Labute approximate surface area is 170 Å². The Bertz CT molecular complexity index is 1090. The number of halogens is 3. The van der Waals surface area contributed by atoms with Gasteiger partial charge in [0.2, 0.25) is 0 Å². The minimum atomic E-state index is -0.714. The smallest absolute Gasteiger partial charge is 0.276 e. The number of nitrogens with one attached hydrogen (secondary N) is 1. The van der Waals surface area contributed by atoms with Gasteiger partial charge in [-0.3, -0.25) is 9.59 Å². The van der Waals surface area contributed by atoms with Crippen LogP contribution in [-0.2, 0) is 6.54 Å². The molecular weight excluding hydrogens is 404 g/mol. The number of carbonyl (C=O) groups is 1. The second-order valence-electron chi connectivity index (χ2n) is 5.82. The summed E-state index contributed by atoms with van der Waals surface area (Å²) in [5.41, 5.74) is 2.49. The molecular formula is C20H14Cl2FN3O2. The third-order valence-corrected chi connectivity index (χ3v) is 4.43. The first kappa shape index (κ1) is 19.8. The predicted molar refractivity (Wildman–Crippen MR) is 108 cm³/mol. The molecule has 0 saturated heterocycles. The number of rotatable bonds is 5. The third-order valence-electron chi connectivity index (χ3n) is 3.87. The van der Waals surface area contributed by atoms with Crippen molar-refractivity contribution in [2.24, 2.45) is 5.10 Å². The van der Waals surface area contributed by atoms with Gasteiger partial charge in [-0.25, -0.2) is 9.82 Å². The van der Waals surface area contributed by atoms with Gasteiger partial charge in [0.25, 0.3) is 11.5 Å². The van der Waals surface area contributed by atoms with Crippen molar-refractivity contribution in [2.45, 2.75) is 6.54 Å². The molecule has 0 aliphatic carbocycles. The summed E-state index contributed by atoms with van der Waals surface area (Å²) in [5.74, 6) is -1.29. The summed E-state index contributed by atoms with van der Waals surface area (Å²) < 4.78 is 15.1. The molecule has 0 spiro atoms. The molecule has 3 rings (SSSR count). The van der Waals surface area contributed by atoms with Gasteiger partial charge in [-0.15, -0.1) is 0 Å². The summed E-state index contributed by atoms with van der Waals surface area (Å²) in [6.45, 7) is 0.259. The normalized spacial score (nSPS) is 11.0. The van der Waals surface area contributed by atoms with E-state index in [1.54, 1.807) is 30.5 Å². The molecule has 0 aliphatic rings. The van der Waals surface area contributed by atoms with Crippen LogP contribution < -0.4 is 11.0 Å². The number of nitrogens with zero attached hydrogens (tertiary/aromatic N) is 2. The summed E-state index contributed by atoms with van der Waals surface area (Å²) in [4.78, 5) is 24.9. The highest BCUT2D eigenvalue weighted by Gasteiger charge is 2.12. The Morgan fingerprint density at radius 2 is 1.93 bits per heavy atom. The minimum absolute atomic E-state index is 0.0379. The molecule has 1 heterocycles. The zero-order valence-electron chi connectivity index (χ0n) is 14.4. The fraction of sp³-hybridized carbons (Fsp3) is 0.0500. The van der Waals surface area contributed by atoms with Gasteiger partial charge in [-0.05, 0) is 42.0 Å². The van der Waals surface area contributed by atoms with Gasteiger partial charge in [-0.2, -0.15) is 5.10 Å². The van der Waals surface area contributed by atoms with Gasteiger partial charge in [0, 0.05) is 16.8 Å². The quantitative estimate of drug-likeness (QED) is 0.501. The number of aromatic nitrogens is 1. The van der Waals surface area contributed by atoms with Crippen molar-refractivity contribution < 1.29 is 9.18 Å². The van der Waals surface area contributed by atoms with E-state index in [0.717, 1.165) is 11.8 Å². The maximum atomic E-state index is 13.7. The summed E-state index contributed by atoms with van der Waals surface area (Å²) in [6, 6.07) is 14.2. The number of amides is 1. The van der Waals surface area contributed by atoms with Gasteiger partial charge in [0.1, 0.15) is 11.4 Å². The summed E-state index contributed by atoms with van der Waals surface area (Å²) in [7, 11) is 0. The third kappa shape index (κ3) is 4.65. The van der Waals surface area contributed by atoms with Crippen molar-refractivity contribution in [1.29, 1.82) is 0 Å². The molecule has 8 heteroatoms. The van der Waals surface area contributed by atoms with Gasteiger partial charge < -0.3 is 4.57 Å². The van der Waals surface area contributed by atoms with E-state index in [9.17, 15) is 14.0 Å². The lowest BCUT2D eigenvalue weighted by Crippen LogP contribution is -2.30. The SMILES string of the molecule is O=C(N/N=C\c1c(F)cccc1Cl)c1cccn(Cc2cccc(Cl)c2)c1=O. The van der Waals surface area contributed by atoms with E-state index in [1.165, 1.54) is 28.8 Å². The highest BCUT2D eigenvalue weighted by molar-refractivity contribution is 6.33. The summed E-state index contributed by atoms with van der Waals surface area (Å²) in [5, 5.41) is 4.40. The number of hydrogen-bond donors (Lipinski definition) is 1. The number of hydrogen-bond acceptors (Lipinski definition) is 3. The highest BCUT2D eigenvalue weighted by Crippen LogP contribution is 2.16. The fourth-order valence-corrected chi connectivity index (χ4v) is 2.94.